The van der Waals surface area contributed by atoms with Gasteiger partial charge in [-0.15, -0.1) is 0 Å². The van der Waals surface area contributed by atoms with Crippen molar-refractivity contribution in [2.45, 2.75) is 58.2 Å². The molecule has 2 bridgehead atoms. The number of imidazole rings is 1. The van der Waals surface area contributed by atoms with Crippen LogP contribution < -0.4 is 10.1 Å². The molecule has 0 unspecified atom stereocenters. The van der Waals surface area contributed by atoms with Gasteiger partial charge < -0.3 is 14.6 Å². The van der Waals surface area contributed by atoms with E-state index in [0.717, 1.165) is 34.4 Å². The van der Waals surface area contributed by atoms with Crippen molar-refractivity contribution in [1.82, 2.24) is 14.9 Å². The van der Waals surface area contributed by atoms with Crippen LogP contribution in [0.15, 0.2) is 54.6 Å². The second-order valence-electron chi connectivity index (χ2n) is 9.31. The molecule has 2 aromatic carbocycles. The Balaban J connectivity index is 1.34. The fourth-order valence-electron chi connectivity index (χ4n) is 5.78. The van der Waals surface area contributed by atoms with Gasteiger partial charge in [0.05, 0.1) is 11.0 Å². The summed E-state index contributed by atoms with van der Waals surface area (Å²) in [5, 5.41) is 3.30. The number of carbonyl (C=O) groups excluding carboxylic acids is 1. The first-order chi connectivity index (χ1) is 15.1. The van der Waals surface area contributed by atoms with E-state index in [-0.39, 0.29) is 24.6 Å². The molecule has 5 heteroatoms. The van der Waals surface area contributed by atoms with Crippen molar-refractivity contribution in [3.05, 3.63) is 60.4 Å². The highest BCUT2D eigenvalue weighted by molar-refractivity contribution is 5.81. The number of para-hydroxylation sites is 3. The van der Waals surface area contributed by atoms with Gasteiger partial charge in [0.15, 0.2) is 11.9 Å². The first-order valence-electron chi connectivity index (χ1n) is 11.5. The lowest BCUT2D eigenvalue weighted by molar-refractivity contribution is -0.122. The summed E-state index contributed by atoms with van der Waals surface area (Å²) in [5.74, 6) is 3.92. The average Bonchev–Trinajstić information content (AvgIpc) is 3.49. The largest absolute Gasteiger partial charge is 0.483 e. The van der Waals surface area contributed by atoms with Crippen LogP contribution in [0, 0.1) is 17.8 Å². The van der Waals surface area contributed by atoms with Crippen LogP contribution in [-0.2, 0) is 11.3 Å². The minimum absolute atomic E-state index is 0.0478. The molecule has 1 heterocycles. The van der Waals surface area contributed by atoms with E-state index in [9.17, 15) is 4.79 Å². The second kappa shape index (κ2) is 8.37. The zero-order valence-corrected chi connectivity index (χ0v) is 18.3. The summed E-state index contributed by atoms with van der Waals surface area (Å²) >= 11 is 0. The summed E-state index contributed by atoms with van der Waals surface area (Å²) in [6, 6.07) is 17.9. The summed E-state index contributed by atoms with van der Waals surface area (Å²) < 4.78 is 8.14. The average molecular weight is 418 g/mol. The van der Waals surface area contributed by atoms with Crippen LogP contribution >= 0.6 is 0 Å². The minimum Gasteiger partial charge on any atom is -0.483 e. The van der Waals surface area contributed by atoms with E-state index in [2.05, 4.69) is 12.2 Å². The molecule has 0 saturated heterocycles. The van der Waals surface area contributed by atoms with Crippen molar-refractivity contribution in [2.75, 3.05) is 0 Å². The maximum absolute atomic E-state index is 13.1. The number of benzene rings is 2. The molecule has 2 aliphatic rings. The number of rotatable bonds is 7. The van der Waals surface area contributed by atoms with Gasteiger partial charge in [0.1, 0.15) is 12.3 Å². The standard InChI is InChI=1S/C26H31N3O2/c1-17(22-15-19-12-13-20(22)14-19)27-25(30)16-29-24-11-7-6-10-23(24)28-26(29)18(2)31-21-8-4-3-5-9-21/h3-11,17-20,22H,12-16H2,1-2H3,(H,27,30)/t17-,18+,19+,20+,22-/m1/s1. The molecule has 2 saturated carbocycles. The Morgan fingerprint density at radius 3 is 2.61 bits per heavy atom. The van der Waals surface area contributed by atoms with Gasteiger partial charge in [-0.25, -0.2) is 4.98 Å². The Bertz CT molecular complexity index is 1060. The highest BCUT2D eigenvalue weighted by Crippen LogP contribution is 2.49. The molecule has 1 N–H and O–H groups in total. The van der Waals surface area contributed by atoms with E-state index in [1.807, 2.05) is 66.1 Å². The minimum atomic E-state index is -0.273. The molecule has 0 radical (unpaired) electrons. The number of aromatic nitrogens is 2. The Labute approximate surface area is 183 Å². The fraction of sp³-hybridized carbons (Fsp3) is 0.462. The normalized spacial score (nSPS) is 24.3. The van der Waals surface area contributed by atoms with Crippen LogP contribution in [0.2, 0.25) is 0 Å². The lowest BCUT2D eigenvalue weighted by Gasteiger charge is -2.28. The maximum Gasteiger partial charge on any atom is 0.240 e. The number of nitrogens with zero attached hydrogens (tertiary/aromatic N) is 2. The molecule has 31 heavy (non-hydrogen) atoms. The van der Waals surface area contributed by atoms with Gasteiger partial charge in [-0.2, -0.15) is 0 Å². The Kier molecular flexibility index (Phi) is 5.43. The molecule has 5 atom stereocenters. The lowest BCUT2D eigenvalue weighted by atomic mass is 9.84. The molecule has 1 amide bonds. The van der Waals surface area contributed by atoms with Crippen LogP contribution in [0.4, 0.5) is 0 Å². The number of ether oxygens (including phenoxy) is 1. The van der Waals surface area contributed by atoms with Crippen LogP contribution in [0.25, 0.3) is 11.0 Å². The van der Waals surface area contributed by atoms with Crippen molar-refractivity contribution >= 4 is 16.9 Å². The van der Waals surface area contributed by atoms with Crippen LogP contribution in [0.5, 0.6) is 5.75 Å². The van der Waals surface area contributed by atoms with E-state index >= 15 is 0 Å². The van der Waals surface area contributed by atoms with E-state index in [0.29, 0.717) is 5.92 Å². The SMILES string of the molecule is C[C@H](Oc1ccccc1)c1nc2ccccc2n1CC(=O)N[C@H](C)[C@H]1C[C@H]2CC[C@H]1C2. The number of fused-ring (bicyclic) bond motifs is 3. The highest BCUT2D eigenvalue weighted by atomic mass is 16.5. The Morgan fingerprint density at radius 2 is 1.87 bits per heavy atom. The van der Waals surface area contributed by atoms with Crippen molar-refractivity contribution < 1.29 is 9.53 Å². The summed E-state index contributed by atoms with van der Waals surface area (Å²) in [6.07, 6.45) is 5.07. The third-order valence-corrected chi connectivity index (χ3v) is 7.23. The van der Waals surface area contributed by atoms with Crippen molar-refractivity contribution in [2.24, 2.45) is 17.8 Å². The summed E-state index contributed by atoms with van der Waals surface area (Å²) in [5.41, 5.74) is 1.85. The Morgan fingerprint density at radius 1 is 1.10 bits per heavy atom. The van der Waals surface area contributed by atoms with Crippen LogP contribution in [-0.4, -0.2) is 21.5 Å². The predicted molar refractivity (Wildman–Crippen MR) is 122 cm³/mol. The smallest absolute Gasteiger partial charge is 0.240 e. The summed E-state index contributed by atoms with van der Waals surface area (Å²) in [6.45, 7) is 4.42. The number of nitrogens with one attached hydrogen (secondary N) is 1. The summed E-state index contributed by atoms with van der Waals surface area (Å²) in [4.78, 5) is 17.9. The first-order valence-corrected chi connectivity index (χ1v) is 11.5. The predicted octanol–water partition coefficient (Wildman–Crippen LogP) is 5.12. The van der Waals surface area contributed by atoms with Gasteiger partial charge in [-0.1, -0.05) is 36.8 Å². The molecule has 5 nitrogen and oxygen atoms in total. The number of amides is 1. The van der Waals surface area contributed by atoms with Gasteiger partial charge in [0.25, 0.3) is 0 Å². The number of hydrogen-bond donors (Lipinski definition) is 1. The third kappa shape index (κ3) is 4.06. The van der Waals surface area contributed by atoms with Crippen molar-refractivity contribution in [3.8, 4) is 5.75 Å². The van der Waals surface area contributed by atoms with E-state index < -0.39 is 0 Å². The maximum atomic E-state index is 13.1. The number of hydrogen-bond acceptors (Lipinski definition) is 3. The molecule has 162 valence electrons. The van der Waals surface area contributed by atoms with Crippen LogP contribution in [0.3, 0.4) is 0 Å². The zero-order chi connectivity index (χ0) is 21.4. The third-order valence-electron chi connectivity index (χ3n) is 7.23. The second-order valence-corrected chi connectivity index (χ2v) is 9.31. The summed E-state index contributed by atoms with van der Waals surface area (Å²) in [7, 11) is 0. The Hall–Kier alpha value is -2.82. The zero-order valence-electron chi connectivity index (χ0n) is 18.3. The van der Waals surface area contributed by atoms with Gasteiger partial charge in [0.2, 0.25) is 5.91 Å². The van der Waals surface area contributed by atoms with Crippen LogP contribution in [0.1, 0.15) is 51.5 Å². The monoisotopic (exact) mass is 417 g/mol. The topological polar surface area (TPSA) is 56.2 Å². The quantitative estimate of drug-likeness (QED) is 0.581. The number of carbonyl (C=O) groups is 1. The molecule has 2 aliphatic carbocycles. The van der Waals surface area contributed by atoms with Gasteiger partial charge in [-0.3, -0.25) is 4.79 Å². The molecule has 1 aromatic heterocycles. The van der Waals surface area contributed by atoms with Crippen molar-refractivity contribution in [3.63, 3.8) is 0 Å². The van der Waals surface area contributed by atoms with Gasteiger partial charge in [0, 0.05) is 6.04 Å². The molecule has 2 fully saturated rings. The van der Waals surface area contributed by atoms with E-state index in [4.69, 9.17) is 9.72 Å². The molecular weight excluding hydrogens is 386 g/mol. The van der Waals surface area contributed by atoms with E-state index in [1.54, 1.807) is 0 Å². The molecule has 0 aliphatic heterocycles. The first kappa shape index (κ1) is 20.1. The molecule has 3 aromatic rings. The molecular formula is C26H31N3O2. The van der Waals surface area contributed by atoms with Crippen molar-refractivity contribution in [1.29, 1.82) is 0 Å². The van der Waals surface area contributed by atoms with Gasteiger partial charge >= 0.3 is 0 Å². The highest BCUT2D eigenvalue weighted by Gasteiger charge is 2.42. The molecule has 5 rings (SSSR count). The lowest BCUT2D eigenvalue weighted by Crippen LogP contribution is -2.41. The molecule has 0 spiro atoms. The van der Waals surface area contributed by atoms with E-state index in [1.165, 1.54) is 25.7 Å². The van der Waals surface area contributed by atoms with Gasteiger partial charge in [-0.05, 0) is 75.1 Å². The fourth-order valence-corrected chi connectivity index (χ4v) is 5.78.